The van der Waals surface area contributed by atoms with E-state index in [4.69, 9.17) is 9.47 Å². The lowest BCUT2D eigenvalue weighted by molar-refractivity contribution is 0.0566. The number of carbonyl (C=O) groups is 1. The van der Waals surface area contributed by atoms with Crippen molar-refractivity contribution in [2.75, 3.05) is 18.1 Å². The molecule has 0 aliphatic carbocycles. The summed E-state index contributed by atoms with van der Waals surface area (Å²) in [5.41, 5.74) is 0.320. The van der Waals surface area contributed by atoms with Gasteiger partial charge < -0.3 is 9.47 Å². The Morgan fingerprint density at radius 2 is 2.26 bits per heavy atom. The summed E-state index contributed by atoms with van der Waals surface area (Å²) in [6, 6.07) is 3.70. The number of halogens is 1. The highest BCUT2D eigenvalue weighted by Crippen LogP contribution is 2.31. The van der Waals surface area contributed by atoms with Gasteiger partial charge in [0.2, 0.25) is 0 Å². The molecule has 0 N–H and O–H groups in total. The molecule has 0 fully saturated rings. The van der Waals surface area contributed by atoms with Crippen molar-refractivity contribution >= 4 is 27.8 Å². The van der Waals surface area contributed by atoms with Crippen LogP contribution in [0.5, 0.6) is 5.75 Å². The molecule has 1 aliphatic rings. The van der Waals surface area contributed by atoms with E-state index in [0.29, 0.717) is 30.0 Å². The summed E-state index contributed by atoms with van der Waals surface area (Å²) in [6.45, 7) is 6.42. The Balaban J connectivity index is 2.28. The quantitative estimate of drug-likeness (QED) is 0.743. The number of hydrogen-bond acceptors (Lipinski definition) is 4. The zero-order valence-electron chi connectivity index (χ0n) is 11.3. The van der Waals surface area contributed by atoms with Gasteiger partial charge >= 0.3 is 6.09 Å². The van der Waals surface area contributed by atoms with Crippen LogP contribution in [0, 0.1) is 0 Å². The molecular formula is C13H17BrN2O3. The number of ether oxygens (including phenoxy) is 2. The first-order valence-corrected chi connectivity index (χ1v) is 7.22. The van der Waals surface area contributed by atoms with Crippen molar-refractivity contribution in [1.29, 1.82) is 0 Å². The summed E-state index contributed by atoms with van der Waals surface area (Å²) < 4.78 is 10.9. The Labute approximate surface area is 121 Å². The number of pyridine rings is 1. The van der Waals surface area contributed by atoms with Gasteiger partial charge in [0.15, 0.2) is 11.6 Å². The molecule has 0 aromatic carbocycles. The minimum Gasteiger partial charge on any atom is -0.488 e. The fourth-order valence-electron chi connectivity index (χ4n) is 1.70. The van der Waals surface area contributed by atoms with E-state index in [1.807, 2.05) is 32.9 Å². The minimum atomic E-state index is -0.525. The van der Waals surface area contributed by atoms with Crippen LogP contribution in [0.2, 0.25) is 0 Å². The highest BCUT2D eigenvalue weighted by molar-refractivity contribution is 9.08. The Morgan fingerprint density at radius 3 is 2.89 bits per heavy atom. The van der Waals surface area contributed by atoms with Crippen LogP contribution < -0.4 is 9.64 Å². The highest BCUT2D eigenvalue weighted by atomic mass is 79.9. The van der Waals surface area contributed by atoms with E-state index >= 15 is 0 Å². The van der Waals surface area contributed by atoms with Crippen molar-refractivity contribution in [3.8, 4) is 5.75 Å². The minimum absolute atomic E-state index is 0.392. The topological polar surface area (TPSA) is 51.7 Å². The van der Waals surface area contributed by atoms with Gasteiger partial charge in [0.25, 0.3) is 0 Å². The molecule has 1 aliphatic heterocycles. The Bertz CT molecular complexity index is 485. The van der Waals surface area contributed by atoms with Crippen LogP contribution in [-0.4, -0.2) is 29.8 Å². The molecule has 0 saturated heterocycles. The predicted octanol–water partition coefficient (Wildman–Crippen LogP) is 3.11. The van der Waals surface area contributed by atoms with Crippen LogP contribution in [0.25, 0.3) is 0 Å². The lowest BCUT2D eigenvalue weighted by atomic mass is 10.2. The van der Waals surface area contributed by atoms with Gasteiger partial charge in [-0.1, -0.05) is 15.9 Å². The van der Waals surface area contributed by atoms with Gasteiger partial charge in [-0.3, -0.25) is 4.90 Å². The second kappa shape index (κ2) is 5.36. The molecule has 0 atom stereocenters. The molecule has 5 nitrogen and oxygen atoms in total. The summed E-state index contributed by atoms with van der Waals surface area (Å²) in [5.74, 6) is 1.14. The third-order valence-electron chi connectivity index (χ3n) is 2.48. The summed E-state index contributed by atoms with van der Waals surface area (Å²) >= 11 is 3.35. The third-order valence-corrected chi connectivity index (χ3v) is 3.05. The normalized spacial score (nSPS) is 14.6. The number of aromatic nitrogens is 1. The molecule has 19 heavy (non-hydrogen) atoms. The molecule has 2 heterocycles. The molecule has 6 heteroatoms. The SMILES string of the molecule is CC(C)(C)OC(=O)N1CCOc2ccc(CBr)nc21. The van der Waals surface area contributed by atoms with Gasteiger partial charge in [-0.05, 0) is 32.9 Å². The van der Waals surface area contributed by atoms with Crippen molar-refractivity contribution in [1.82, 2.24) is 4.98 Å². The predicted molar refractivity (Wildman–Crippen MR) is 75.9 cm³/mol. The number of nitrogens with zero attached hydrogens (tertiary/aromatic N) is 2. The second-order valence-corrected chi connectivity index (χ2v) is 5.80. The van der Waals surface area contributed by atoms with E-state index in [0.717, 1.165) is 5.69 Å². The summed E-state index contributed by atoms with van der Waals surface area (Å²) in [6.07, 6.45) is -0.392. The molecule has 0 unspecified atom stereocenters. The molecule has 2 rings (SSSR count). The third kappa shape index (κ3) is 3.37. The first-order valence-electron chi connectivity index (χ1n) is 6.10. The average Bonchev–Trinajstić information content (AvgIpc) is 2.35. The highest BCUT2D eigenvalue weighted by Gasteiger charge is 2.29. The second-order valence-electron chi connectivity index (χ2n) is 5.24. The van der Waals surface area contributed by atoms with Crippen LogP contribution in [0.4, 0.5) is 10.6 Å². The molecule has 104 valence electrons. The first kappa shape index (κ1) is 14.1. The number of carbonyl (C=O) groups excluding carboxylic acids is 1. The van der Waals surface area contributed by atoms with E-state index in [-0.39, 0.29) is 0 Å². The molecule has 0 spiro atoms. The van der Waals surface area contributed by atoms with Gasteiger partial charge in [0.05, 0.1) is 12.2 Å². The average molecular weight is 329 g/mol. The van der Waals surface area contributed by atoms with Gasteiger partial charge in [-0.2, -0.15) is 0 Å². The van der Waals surface area contributed by atoms with Crippen molar-refractivity contribution in [3.63, 3.8) is 0 Å². The van der Waals surface area contributed by atoms with Crippen LogP contribution in [0.3, 0.4) is 0 Å². The number of alkyl halides is 1. The Hall–Kier alpha value is -1.30. The summed E-state index contributed by atoms with van der Waals surface area (Å²) in [7, 11) is 0. The van der Waals surface area contributed by atoms with Gasteiger partial charge in [0.1, 0.15) is 12.2 Å². The van der Waals surface area contributed by atoms with Crippen molar-refractivity contribution in [2.45, 2.75) is 31.7 Å². The fraction of sp³-hybridized carbons (Fsp3) is 0.538. The van der Waals surface area contributed by atoms with E-state index in [2.05, 4.69) is 20.9 Å². The van der Waals surface area contributed by atoms with Crippen LogP contribution in [0.15, 0.2) is 12.1 Å². The van der Waals surface area contributed by atoms with E-state index in [1.54, 1.807) is 0 Å². The monoisotopic (exact) mass is 328 g/mol. The van der Waals surface area contributed by atoms with Crippen molar-refractivity contribution in [2.24, 2.45) is 0 Å². The van der Waals surface area contributed by atoms with Crippen LogP contribution in [-0.2, 0) is 10.1 Å². The molecule has 1 amide bonds. The maximum absolute atomic E-state index is 12.2. The van der Waals surface area contributed by atoms with Gasteiger partial charge in [0, 0.05) is 5.33 Å². The fourth-order valence-corrected chi connectivity index (χ4v) is 2.02. The number of amides is 1. The summed E-state index contributed by atoms with van der Waals surface area (Å²) in [5, 5.41) is 0.627. The molecule has 0 saturated carbocycles. The van der Waals surface area contributed by atoms with Crippen LogP contribution >= 0.6 is 15.9 Å². The Kier molecular flexibility index (Phi) is 3.99. The standard InChI is InChI=1S/C13H17BrN2O3/c1-13(2,3)19-12(17)16-6-7-18-10-5-4-9(8-14)15-11(10)16/h4-5H,6-8H2,1-3H3. The number of hydrogen-bond donors (Lipinski definition) is 0. The molecule has 0 bridgehead atoms. The molecule has 0 radical (unpaired) electrons. The maximum atomic E-state index is 12.2. The lowest BCUT2D eigenvalue weighted by Crippen LogP contribution is -2.42. The van der Waals surface area contributed by atoms with Crippen molar-refractivity contribution in [3.05, 3.63) is 17.8 Å². The first-order chi connectivity index (χ1) is 8.90. The maximum Gasteiger partial charge on any atom is 0.416 e. The van der Waals surface area contributed by atoms with E-state index in [1.165, 1.54) is 4.90 Å². The summed E-state index contributed by atoms with van der Waals surface area (Å²) in [4.78, 5) is 18.1. The van der Waals surface area contributed by atoms with E-state index in [9.17, 15) is 4.79 Å². The zero-order chi connectivity index (χ0) is 14.0. The lowest BCUT2D eigenvalue weighted by Gasteiger charge is -2.30. The van der Waals surface area contributed by atoms with Gasteiger partial charge in [-0.25, -0.2) is 9.78 Å². The van der Waals surface area contributed by atoms with E-state index < -0.39 is 11.7 Å². The molecule has 1 aromatic heterocycles. The van der Waals surface area contributed by atoms with Crippen LogP contribution in [0.1, 0.15) is 26.5 Å². The smallest absolute Gasteiger partial charge is 0.416 e. The molecular weight excluding hydrogens is 312 g/mol. The van der Waals surface area contributed by atoms with Gasteiger partial charge in [-0.15, -0.1) is 0 Å². The number of rotatable bonds is 1. The number of anilines is 1. The Morgan fingerprint density at radius 1 is 1.53 bits per heavy atom. The van der Waals surface area contributed by atoms with Crippen molar-refractivity contribution < 1.29 is 14.3 Å². The molecule has 1 aromatic rings. The number of fused-ring (bicyclic) bond motifs is 1. The largest absolute Gasteiger partial charge is 0.488 e. The zero-order valence-corrected chi connectivity index (χ0v) is 12.9.